The van der Waals surface area contributed by atoms with Gasteiger partial charge in [-0.2, -0.15) is 0 Å². The Morgan fingerprint density at radius 3 is 2.38 bits per heavy atom. The van der Waals surface area contributed by atoms with Gasteiger partial charge < -0.3 is 4.90 Å². The van der Waals surface area contributed by atoms with Crippen LogP contribution in [-0.2, 0) is 0 Å². The Morgan fingerprint density at radius 2 is 2.00 bits per heavy atom. The van der Waals surface area contributed by atoms with Crippen LogP contribution in [0.15, 0.2) is 37.7 Å². The van der Waals surface area contributed by atoms with E-state index in [1.165, 1.54) is 0 Å². The molecule has 1 heteroatoms. The molecule has 0 atom stereocenters. The minimum atomic E-state index is 1.72. The van der Waals surface area contributed by atoms with Crippen LogP contribution in [0.3, 0.4) is 0 Å². The van der Waals surface area contributed by atoms with Gasteiger partial charge in [-0.1, -0.05) is 19.2 Å². The first-order chi connectivity index (χ1) is 3.81. The SMILES string of the molecule is C=CC=CN(C)C=C. The average molecular weight is 109 g/mol. The average Bonchev–Trinajstić information content (AvgIpc) is 1.83. The summed E-state index contributed by atoms with van der Waals surface area (Å²) in [6.45, 7) is 7.07. The van der Waals surface area contributed by atoms with E-state index in [-0.39, 0.29) is 0 Å². The fraction of sp³-hybridized carbons (Fsp3) is 0.143. The van der Waals surface area contributed by atoms with Crippen molar-refractivity contribution in [2.45, 2.75) is 0 Å². The lowest BCUT2D eigenvalue weighted by Crippen LogP contribution is -1.97. The van der Waals surface area contributed by atoms with Gasteiger partial charge in [0.1, 0.15) is 0 Å². The molecule has 44 valence electrons. The van der Waals surface area contributed by atoms with Gasteiger partial charge in [0.25, 0.3) is 0 Å². The van der Waals surface area contributed by atoms with Crippen LogP contribution >= 0.6 is 0 Å². The smallest absolute Gasteiger partial charge is 0.0106 e. The Morgan fingerprint density at radius 1 is 1.38 bits per heavy atom. The highest BCUT2D eigenvalue weighted by atomic mass is 15.0. The minimum Gasteiger partial charge on any atom is -0.358 e. The molecule has 8 heavy (non-hydrogen) atoms. The van der Waals surface area contributed by atoms with Crippen LogP contribution in [0.1, 0.15) is 0 Å². The number of nitrogens with zero attached hydrogens (tertiary/aromatic N) is 1. The fourth-order valence-electron chi connectivity index (χ4n) is 0.257. The van der Waals surface area contributed by atoms with E-state index in [2.05, 4.69) is 13.2 Å². The summed E-state index contributed by atoms with van der Waals surface area (Å²) in [7, 11) is 1.91. The molecule has 0 saturated heterocycles. The summed E-state index contributed by atoms with van der Waals surface area (Å²) in [5, 5.41) is 0. The first-order valence-electron chi connectivity index (χ1n) is 2.45. The van der Waals surface area contributed by atoms with Crippen molar-refractivity contribution in [2.75, 3.05) is 7.05 Å². The third-order valence-electron chi connectivity index (χ3n) is 0.745. The summed E-state index contributed by atoms with van der Waals surface area (Å²) in [5.74, 6) is 0. The molecular formula is C7H11N. The first kappa shape index (κ1) is 7.02. The Kier molecular flexibility index (Phi) is 3.67. The van der Waals surface area contributed by atoms with Crippen LogP contribution in [0.25, 0.3) is 0 Å². The van der Waals surface area contributed by atoms with Crippen molar-refractivity contribution < 1.29 is 0 Å². The highest BCUT2D eigenvalue weighted by Crippen LogP contribution is 1.82. The second-order valence-corrected chi connectivity index (χ2v) is 1.43. The molecule has 0 spiro atoms. The van der Waals surface area contributed by atoms with Gasteiger partial charge >= 0.3 is 0 Å². The molecule has 0 aromatic carbocycles. The van der Waals surface area contributed by atoms with E-state index < -0.39 is 0 Å². The van der Waals surface area contributed by atoms with Crippen molar-refractivity contribution in [3.63, 3.8) is 0 Å². The summed E-state index contributed by atoms with van der Waals surface area (Å²) in [5.41, 5.74) is 0. The highest BCUT2D eigenvalue weighted by molar-refractivity contribution is 4.97. The maximum atomic E-state index is 3.55. The van der Waals surface area contributed by atoms with Crippen LogP contribution in [0, 0.1) is 0 Å². The normalized spacial score (nSPS) is 9.12. The molecular weight excluding hydrogens is 98.1 g/mol. The lowest BCUT2D eigenvalue weighted by atomic mass is 10.6. The molecule has 0 aliphatic carbocycles. The van der Waals surface area contributed by atoms with Gasteiger partial charge in [-0.25, -0.2) is 0 Å². The van der Waals surface area contributed by atoms with Crippen LogP contribution in [-0.4, -0.2) is 11.9 Å². The summed E-state index contributed by atoms with van der Waals surface area (Å²) in [6, 6.07) is 0. The highest BCUT2D eigenvalue weighted by Gasteiger charge is 1.72. The van der Waals surface area contributed by atoms with Gasteiger partial charge in [0, 0.05) is 13.2 Å². The summed E-state index contributed by atoms with van der Waals surface area (Å²) < 4.78 is 0. The van der Waals surface area contributed by atoms with Gasteiger partial charge in [0.2, 0.25) is 0 Å². The van der Waals surface area contributed by atoms with E-state index in [1.54, 1.807) is 12.3 Å². The Bertz CT molecular complexity index is 103. The van der Waals surface area contributed by atoms with Gasteiger partial charge in [0.05, 0.1) is 0 Å². The molecule has 0 rings (SSSR count). The second kappa shape index (κ2) is 4.19. The van der Waals surface area contributed by atoms with Crippen LogP contribution < -0.4 is 0 Å². The van der Waals surface area contributed by atoms with Crippen molar-refractivity contribution >= 4 is 0 Å². The third-order valence-corrected chi connectivity index (χ3v) is 0.745. The fourth-order valence-corrected chi connectivity index (χ4v) is 0.257. The standard InChI is InChI=1S/C7H11N/c1-4-6-7-8(3)5-2/h4-7H,1-2H2,3H3. The van der Waals surface area contributed by atoms with Gasteiger partial charge in [0.15, 0.2) is 0 Å². The van der Waals surface area contributed by atoms with Crippen molar-refractivity contribution in [1.29, 1.82) is 0 Å². The molecule has 0 radical (unpaired) electrons. The molecule has 0 heterocycles. The number of allylic oxidation sites excluding steroid dienone is 2. The lowest BCUT2D eigenvalue weighted by molar-refractivity contribution is 0.628. The Balaban J connectivity index is 3.50. The molecule has 0 aliphatic rings. The predicted octanol–water partition coefficient (Wildman–Crippen LogP) is 1.76. The molecule has 0 N–H and O–H groups in total. The monoisotopic (exact) mass is 109 g/mol. The predicted molar refractivity (Wildman–Crippen MR) is 37.3 cm³/mol. The van der Waals surface area contributed by atoms with E-state index >= 15 is 0 Å². The van der Waals surface area contributed by atoms with Crippen LogP contribution in [0.4, 0.5) is 0 Å². The number of hydrogen-bond donors (Lipinski definition) is 0. The maximum absolute atomic E-state index is 3.55. The zero-order valence-electron chi connectivity index (χ0n) is 5.17. The molecule has 0 aromatic rings. The van der Waals surface area contributed by atoms with Crippen molar-refractivity contribution in [3.8, 4) is 0 Å². The summed E-state index contributed by atoms with van der Waals surface area (Å²) in [6.07, 6.45) is 7.17. The zero-order valence-corrected chi connectivity index (χ0v) is 5.17. The molecule has 0 saturated carbocycles. The van der Waals surface area contributed by atoms with Gasteiger partial charge in [-0.15, -0.1) is 0 Å². The van der Waals surface area contributed by atoms with Gasteiger partial charge in [-0.05, 0) is 12.3 Å². The van der Waals surface area contributed by atoms with Crippen LogP contribution in [0.2, 0.25) is 0 Å². The van der Waals surface area contributed by atoms with E-state index in [1.807, 2.05) is 24.2 Å². The second-order valence-electron chi connectivity index (χ2n) is 1.43. The van der Waals surface area contributed by atoms with E-state index in [0.717, 1.165) is 0 Å². The van der Waals surface area contributed by atoms with E-state index in [0.29, 0.717) is 0 Å². The molecule has 0 amide bonds. The Hall–Kier alpha value is -0.980. The molecule has 0 fully saturated rings. The maximum Gasteiger partial charge on any atom is 0.0106 e. The lowest BCUT2D eigenvalue weighted by Gasteiger charge is -2.02. The molecule has 0 bridgehead atoms. The van der Waals surface area contributed by atoms with Crippen molar-refractivity contribution in [1.82, 2.24) is 4.90 Å². The topological polar surface area (TPSA) is 3.24 Å². The van der Waals surface area contributed by atoms with Crippen molar-refractivity contribution in [3.05, 3.63) is 37.7 Å². The quantitative estimate of drug-likeness (QED) is 0.499. The molecule has 0 aliphatic heterocycles. The third kappa shape index (κ3) is 3.22. The Labute approximate surface area is 50.6 Å². The molecule has 1 nitrogen and oxygen atoms in total. The largest absolute Gasteiger partial charge is 0.358 e. The molecule has 0 aromatic heterocycles. The zero-order chi connectivity index (χ0) is 6.41. The van der Waals surface area contributed by atoms with Gasteiger partial charge in [-0.3, -0.25) is 0 Å². The summed E-state index contributed by atoms with van der Waals surface area (Å²) in [4.78, 5) is 1.85. The minimum absolute atomic E-state index is 1.72. The van der Waals surface area contributed by atoms with Crippen LogP contribution in [0.5, 0.6) is 0 Å². The summed E-state index contributed by atoms with van der Waals surface area (Å²) >= 11 is 0. The van der Waals surface area contributed by atoms with E-state index in [4.69, 9.17) is 0 Å². The first-order valence-corrected chi connectivity index (χ1v) is 2.45. The number of hydrogen-bond acceptors (Lipinski definition) is 1. The van der Waals surface area contributed by atoms with E-state index in [9.17, 15) is 0 Å². The van der Waals surface area contributed by atoms with Crippen molar-refractivity contribution in [2.24, 2.45) is 0 Å². The number of rotatable bonds is 3. The molecule has 0 unspecified atom stereocenters.